The van der Waals surface area contributed by atoms with Gasteiger partial charge in [0.25, 0.3) is 15.7 Å². The maximum atomic E-state index is 12.6. The second-order valence-corrected chi connectivity index (χ2v) is 8.07. The molecule has 1 fully saturated rings. The van der Waals surface area contributed by atoms with Gasteiger partial charge in [0.2, 0.25) is 5.91 Å². The van der Waals surface area contributed by atoms with Crippen LogP contribution < -0.4 is 15.4 Å². The summed E-state index contributed by atoms with van der Waals surface area (Å²) in [5.74, 6) is -0.228. The molecule has 2 aromatic rings. The van der Waals surface area contributed by atoms with Crippen LogP contribution in [0.2, 0.25) is 0 Å². The van der Waals surface area contributed by atoms with E-state index >= 15 is 0 Å². The summed E-state index contributed by atoms with van der Waals surface area (Å²) >= 11 is 0. The zero-order valence-electron chi connectivity index (χ0n) is 14.9. The van der Waals surface area contributed by atoms with Crippen LogP contribution in [0.4, 0.5) is 17.1 Å². The number of carbonyl (C=O) groups excluding carboxylic acids is 1. The molecule has 1 atom stereocenters. The minimum atomic E-state index is -4.00. The Bertz CT molecular complexity index is 979. The van der Waals surface area contributed by atoms with Crippen molar-refractivity contribution in [2.24, 2.45) is 0 Å². The number of hydrogen-bond donors (Lipinski definition) is 3. The largest absolute Gasteiger partial charge is 0.368 e. The van der Waals surface area contributed by atoms with Gasteiger partial charge in [0.1, 0.15) is 11.7 Å². The number of para-hydroxylation sites is 1. The van der Waals surface area contributed by atoms with Crippen LogP contribution in [0.25, 0.3) is 0 Å². The molecule has 0 aliphatic carbocycles. The smallest absolute Gasteiger partial charge is 0.293 e. The summed E-state index contributed by atoms with van der Waals surface area (Å²) in [7, 11) is -4.00. The van der Waals surface area contributed by atoms with Gasteiger partial charge in [-0.2, -0.15) is 0 Å². The number of rotatable bonds is 6. The second-order valence-electron chi connectivity index (χ2n) is 6.39. The lowest BCUT2D eigenvalue weighted by Gasteiger charge is -2.17. The monoisotopic (exact) mass is 404 g/mol. The number of benzene rings is 2. The van der Waals surface area contributed by atoms with E-state index in [1.807, 2.05) is 0 Å². The van der Waals surface area contributed by atoms with Crippen LogP contribution >= 0.6 is 0 Å². The Balaban J connectivity index is 1.88. The fraction of sp³-hybridized carbons (Fsp3) is 0.278. The number of nitrogens with zero attached hydrogens (tertiary/aromatic N) is 1. The zero-order valence-corrected chi connectivity index (χ0v) is 15.7. The topological polar surface area (TPSA) is 130 Å². The van der Waals surface area contributed by atoms with Crippen LogP contribution in [-0.4, -0.2) is 31.8 Å². The van der Waals surface area contributed by atoms with Gasteiger partial charge in [-0.05, 0) is 43.5 Å². The third-order valence-corrected chi connectivity index (χ3v) is 5.75. The van der Waals surface area contributed by atoms with Gasteiger partial charge in [-0.3, -0.25) is 19.6 Å². The van der Waals surface area contributed by atoms with Gasteiger partial charge in [-0.1, -0.05) is 18.2 Å². The molecule has 3 N–H and O–H groups in total. The van der Waals surface area contributed by atoms with E-state index in [-0.39, 0.29) is 16.5 Å². The molecule has 0 aromatic heterocycles. The first kappa shape index (κ1) is 19.6. The molecule has 1 unspecified atom stereocenters. The Hall–Kier alpha value is -3.14. The van der Waals surface area contributed by atoms with Crippen LogP contribution in [-0.2, 0) is 14.8 Å². The first-order valence-corrected chi connectivity index (χ1v) is 10.3. The van der Waals surface area contributed by atoms with Crippen molar-refractivity contribution in [3.05, 3.63) is 58.6 Å². The normalized spacial score (nSPS) is 17.3. The predicted octanol–water partition coefficient (Wildman–Crippen LogP) is 2.48. The van der Waals surface area contributed by atoms with Crippen molar-refractivity contribution in [2.75, 3.05) is 16.6 Å². The van der Waals surface area contributed by atoms with Crippen molar-refractivity contribution in [1.29, 1.82) is 0 Å². The number of carbonyl (C=O) groups is 1. The Labute approximate surface area is 162 Å². The van der Waals surface area contributed by atoms with E-state index in [1.165, 1.54) is 12.1 Å². The number of sulfonamides is 1. The standard InChI is InChI=1S/C18H20N4O5S/c23-18-16(8-4-5-11-19-18)20-15-10-9-14(12-17(15)22(24)25)28(26,27)21-13-6-2-1-3-7-13/h1-3,6-7,9-10,12,16,20-21H,4-5,8,11H2,(H,19,23). The van der Waals surface area contributed by atoms with Crippen molar-refractivity contribution in [3.8, 4) is 0 Å². The number of anilines is 2. The van der Waals surface area contributed by atoms with Crippen LogP contribution in [0.1, 0.15) is 19.3 Å². The molecule has 1 saturated heterocycles. The summed E-state index contributed by atoms with van der Waals surface area (Å²) in [6, 6.07) is 11.2. The van der Waals surface area contributed by atoms with Crippen molar-refractivity contribution in [3.63, 3.8) is 0 Å². The highest BCUT2D eigenvalue weighted by Crippen LogP contribution is 2.29. The summed E-state index contributed by atoms with van der Waals surface area (Å²) < 4.78 is 27.5. The van der Waals surface area contributed by atoms with Crippen LogP contribution in [0.5, 0.6) is 0 Å². The average Bonchev–Trinajstić information content (AvgIpc) is 2.86. The summed E-state index contributed by atoms with van der Waals surface area (Å²) in [4.78, 5) is 22.7. The maximum absolute atomic E-state index is 12.6. The zero-order chi connectivity index (χ0) is 20.1. The number of nitrogens with one attached hydrogen (secondary N) is 3. The molecular weight excluding hydrogens is 384 g/mol. The Morgan fingerprint density at radius 1 is 1.11 bits per heavy atom. The van der Waals surface area contributed by atoms with E-state index in [9.17, 15) is 23.3 Å². The summed E-state index contributed by atoms with van der Waals surface area (Å²) in [6.45, 7) is 0.571. The molecule has 1 amide bonds. The fourth-order valence-corrected chi connectivity index (χ4v) is 4.01. The van der Waals surface area contributed by atoms with Gasteiger partial charge in [0.05, 0.1) is 9.82 Å². The molecule has 1 aliphatic heterocycles. The number of amides is 1. The molecule has 9 nitrogen and oxygen atoms in total. The first-order chi connectivity index (χ1) is 13.4. The van der Waals surface area contributed by atoms with Gasteiger partial charge >= 0.3 is 0 Å². The van der Waals surface area contributed by atoms with E-state index in [4.69, 9.17) is 0 Å². The lowest BCUT2D eigenvalue weighted by molar-refractivity contribution is -0.384. The highest BCUT2D eigenvalue weighted by molar-refractivity contribution is 7.92. The number of nitro benzene ring substituents is 1. The number of nitro groups is 1. The van der Waals surface area contributed by atoms with E-state index < -0.39 is 26.7 Å². The quantitative estimate of drug-likeness (QED) is 0.501. The molecule has 2 aromatic carbocycles. The summed E-state index contributed by atoms with van der Waals surface area (Å²) in [5.41, 5.74) is 0.0428. The van der Waals surface area contributed by atoms with Crippen LogP contribution in [0, 0.1) is 10.1 Å². The van der Waals surface area contributed by atoms with E-state index in [1.54, 1.807) is 30.3 Å². The maximum Gasteiger partial charge on any atom is 0.293 e. The molecule has 28 heavy (non-hydrogen) atoms. The van der Waals surface area contributed by atoms with Crippen LogP contribution in [0.15, 0.2) is 53.4 Å². The third-order valence-electron chi connectivity index (χ3n) is 4.37. The van der Waals surface area contributed by atoms with Gasteiger partial charge in [-0.15, -0.1) is 0 Å². The Kier molecular flexibility index (Phi) is 5.78. The number of hydrogen-bond acceptors (Lipinski definition) is 6. The molecule has 148 valence electrons. The van der Waals surface area contributed by atoms with Gasteiger partial charge in [0, 0.05) is 18.3 Å². The van der Waals surface area contributed by atoms with E-state index in [0.717, 1.165) is 18.9 Å². The second kappa shape index (κ2) is 8.26. The lowest BCUT2D eigenvalue weighted by atomic mass is 10.1. The van der Waals surface area contributed by atoms with Gasteiger partial charge < -0.3 is 10.6 Å². The highest BCUT2D eigenvalue weighted by atomic mass is 32.2. The molecule has 0 bridgehead atoms. The first-order valence-electron chi connectivity index (χ1n) is 8.77. The Morgan fingerprint density at radius 3 is 2.57 bits per heavy atom. The Morgan fingerprint density at radius 2 is 1.86 bits per heavy atom. The average molecular weight is 404 g/mol. The molecule has 3 rings (SSSR count). The fourth-order valence-electron chi connectivity index (χ4n) is 2.94. The third kappa shape index (κ3) is 4.58. The molecular formula is C18H20N4O5S. The van der Waals surface area contributed by atoms with E-state index in [2.05, 4.69) is 15.4 Å². The minimum Gasteiger partial charge on any atom is -0.368 e. The lowest BCUT2D eigenvalue weighted by Crippen LogP contribution is -2.38. The van der Waals surface area contributed by atoms with Gasteiger partial charge in [-0.25, -0.2) is 8.42 Å². The SMILES string of the molecule is O=C1NCCCCC1Nc1ccc(S(=O)(=O)Nc2ccccc2)cc1[N+](=O)[O-]. The predicted molar refractivity (Wildman–Crippen MR) is 105 cm³/mol. The van der Waals surface area contributed by atoms with Crippen molar-refractivity contribution in [1.82, 2.24) is 5.32 Å². The van der Waals surface area contributed by atoms with Gasteiger partial charge in [0.15, 0.2) is 0 Å². The summed E-state index contributed by atoms with van der Waals surface area (Å²) in [5, 5.41) is 17.1. The van der Waals surface area contributed by atoms with E-state index in [0.29, 0.717) is 18.7 Å². The molecule has 1 aliphatic rings. The molecule has 10 heteroatoms. The minimum absolute atomic E-state index is 0.103. The summed E-state index contributed by atoms with van der Waals surface area (Å²) in [6.07, 6.45) is 2.19. The van der Waals surface area contributed by atoms with Crippen molar-refractivity contribution in [2.45, 2.75) is 30.2 Å². The van der Waals surface area contributed by atoms with Crippen molar-refractivity contribution < 1.29 is 18.1 Å². The van der Waals surface area contributed by atoms with Crippen LogP contribution in [0.3, 0.4) is 0 Å². The highest BCUT2D eigenvalue weighted by Gasteiger charge is 2.26. The van der Waals surface area contributed by atoms with Crippen molar-refractivity contribution >= 4 is 33.0 Å². The molecule has 1 heterocycles. The molecule has 0 saturated carbocycles. The molecule has 0 radical (unpaired) electrons. The molecule has 0 spiro atoms.